The molecule has 0 amide bonds. The maximum absolute atomic E-state index is 14.2. The van der Waals surface area contributed by atoms with Crippen molar-refractivity contribution in [2.75, 3.05) is 12.4 Å². The molecule has 0 aliphatic carbocycles. The van der Waals surface area contributed by atoms with Gasteiger partial charge in [0.1, 0.15) is 17.6 Å². The molecular weight excluding hydrogens is 489 g/mol. The minimum absolute atomic E-state index is 0.0384. The van der Waals surface area contributed by atoms with Crippen molar-refractivity contribution in [1.82, 2.24) is 9.03 Å². The van der Waals surface area contributed by atoms with Gasteiger partial charge >= 0.3 is 17.9 Å². The van der Waals surface area contributed by atoms with Crippen LogP contribution < -0.4 is 20.5 Å². The third kappa shape index (κ3) is 7.73. The first-order valence-electron chi connectivity index (χ1n) is 9.69. The molecule has 0 aliphatic heterocycles. The van der Waals surface area contributed by atoms with Crippen LogP contribution in [0.25, 0.3) is 0 Å². The van der Waals surface area contributed by atoms with E-state index in [1.807, 2.05) is 0 Å². The number of nitrogens with zero attached hydrogens (tertiary/aromatic N) is 1. The number of anilines is 1. The van der Waals surface area contributed by atoms with Crippen molar-refractivity contribution in [1.29, 1.82) is 5.41 Å². The molecule has 0 saturated heterocycles. The minimum Gasteiger partial charge on any atom is -0.481 e. The number of carbonyl (C=O) groups is 3. The lowest BCUT2D eigenvalue weighted by Gasteiger charge is -2.23. The molecule has 0 aliphatic rings. The average molecular weight is 511 g/mol. The van der Waals surface area contributed by atoms with Crippen LogP contribution in [0.4, 0.5) is 10.1 Å². The summed E-state index contributed by atoms with van der Waals surface area (Å²) in [6.07, 6.45) is -0.927. The number of carboxylic acids is 2. The molecule has 188 valence electrons. The fraction of sp³-hybridized carbons (Fsp3) is 0.200. The Morgan fingerprint density at radius 2 is 1.80 bits per heavy atom. The van der Waals surface area contributed by atoms with Gasteiger partial charge in [-0.15, -0.1) is 0 Å². The number of guanidine groups is 1. The molecule has 0 radical (unpaired) electrons. The number of carboxylic acid groups (broad SMARTS) is 2. The summed E-state index contributed by atoms with van der Waals surface area (Å²) in [7, 11) is -3.40. The normalized spacial score (nSPS) is 12.1. The predicted molar refractivity (Wildman–Crippen MR) is 121 cm³/mol. The maximum Gasteiger partial charge on any atom is 0.346 e. The largest absolute Gasteiger partial charge is 0.481 e. The highest BCUT2D eigenvalue weighted by Gasteiger charge is 2.33. The monoisotopic (exact) mass is 511 g/mol. The number of hydrogen-bond donors (Lipinski definition) is 6. The Kier molecular flexibility index (Phi) is 8.82. The number of nitrogens with two attached hydrogens (primary N) is 1. The van der Waals surface area contributed by atoms with Gasteiger partial charge in [0.05, 0.1) is 12.0 Å². The van der Waals surface area contributed by atoms with Gasteiger partial charge in [0.15, 0.2) is 5.96 Å². The van der Waals surface area contributed by atoms with Crippen LogP contribution in [-0.2, 0) is 26.3 Å². The third-order valence-corrected chi connectivity index (χ3v) is 6.05. The van der Waals surface area contributed by atoms with E-state index in [1.165, 1.54) is 30.3 Å². The molecule has 0 heterocycles. The van der Waals surface area contributed by atoms with Crippen molar-refractivity contribution in [3.05, 3.63) is 59.4 Å². The van der Waals surface area contributed by atoms with Gasteiger partial charge in [-0.3, -0.25) is 15.0 Å². The van der Waals surface area contributed by atoms with E-state index in [-0.39, 0.29) is 23.5 Å². The van der Waals surface area contributed by atoms with Gasteiger partial charge in [-0.1, -0.05) is 12.1 Å². The molecule has 1 atom stereocenters. The number of hydrogen-bond acceptors (Lipinski definition) is 7. The maximum atomic E-state index is 14.2. The van der Waals surface area contributed by atoms with Gasteiger partial charge < -0.3 is 26.0 Å². The summed E-state index contributed by atoms with van der Waals surface area (Å²) in [5, 5.41) is 27.4. The van der Waals surface area contributed by atoms with Gasteiger partial charge in [-0.25, -0.2) is 9.18 Å². The molecule has 0 spiro atoms. The van der Waals surface area contributed by atoms with E-state index in [1.54, 1.807) is 0 Å². The lowest BCUT2D eigenvalue weighted by molar-refractivity contribution is -0.147. The van der Waals surface area contributed by atoms with E-state index in [0.717, 1.165) is 19.2 Å². The highest BCUT2D eigenvalue weighted by molar-refractivity contribution is 7.87. The van der Waals surface area contributed by atoms with Crippen LogP contribution in [0.3, 0.4) is 0 Å². The summed E-state index contributed by atoms with van der Waals surface area (Å²) in [6, 6.07) is 7.13. The first-order valence-corrected chi connectivity index (χ1v) is 11.1. The lowest BCUT2D eigenvalue weighted by atomic mass is 10.2. The quantitative estimate of drug-likeness (QED) is 0.107. The Morgan fingerprint density at radius 1 is 1.17 bits per heavy atom. The van der Waals surface area contributed by atoms with E-state index in [9.17, 15) is 27.2 Å². The Labute approximate surface area is 199 Å². The third-order valence-electron chi connectivity index (χ3n) is 4.53. The molecule has 0 unspecified atom stereocenters. The second-order valence-corrected chi connectivity index (χ2v) is 8.88. The fourth-order valence-electron chi connectivity index (χ4n) is 2.73. The van der Waals surface area contributed by atoms with Crippen LogP contribution in [0.1, 0.15) is 22.3 Å². The first kappa shape index (κ1) is 27.2. The molecule has 2 rings (SSSR count). The number of esters is 1. The van der Waals surface area contributed by atoms with Crippen molar-refractivity contribution < 1.29 is 42.1 Å². The van der Waals surface area contributed by atoms with E-state index < -0.39 is 52.4 Å². The zero-order chi connectivity index (χ0) is 26.3. The predicted octanol–water partition coefficient (Wildman–Crippen LogP) is 0.544. The summed E-state index contributed by atoms with van der Waals surface area (Å²) in [4.78, 5) is 34.3. The zero-order valence-corrected chi connectivity index (χ0v) is 19.0. The molecule has 0 bridgehead atoms. The van der Waals surface area contributed by atoms with Crippen molar-refractivity contribution in [2.45, 2.75) is 19.0 Å². The molecule has 2 aromatic rings. The molecule has 0 aromatic heterocycles. The number of benzene rings is 2. The second kappa shape index (κ2) is 11.4. The summed E-state index contributed by atoms with van der Waals surface area (Å²) in [5.41, 5.74) is 5.36. The Hall–Kier alpha value is -4.08. The number of ether oxygens (including phenoxy) is 1. The van der Waals surface area contributed by atoms with Crippen molar-refractivity contribution in [2.24, 2.45) is 5.73 Å². The number of likely N-dealkylation sites (N-methyl/N-ethyl adjacent to an activating group) is 1. The summed E-state index contributed by atoms with van der Waals surface area (Å²) in [5.74, 6) is -5.36. The zero-order valence-electron chi connectivity index (χ0n) is 18.2. The molecule has 35 heavy (non-hydrogen) atoms. The Bertz CT molecular complexity index is 1240. The standard InChI is InChI=1S/C20H22FN5O8S/c1-26(16(18(29)30)9-17(27)28)35(32,33)24-10-11-2-5-13(6-3-11)34-19(31)14-7-4-12(8-15(14)21)25-20(22)23/h2-8,16,24H,9-10H2,1H3,(H,27,28)(H,29,30)(H4,22,23,25)/t16-/m0/s1. The van der Waals surface area contributed by atoms with Gasteiger partial charge in [-0.05, 0) is 35.9 Å². The molecule has 13 nitrogen and oxygen atoms in total. The fourth-order valence-corrected chi connectivity index (χ4v) is 3.78. The Morgan fingerprint density at radius 3 is 2.31 bits per heavy atom. The molecule has 0 fully saturated rings. The lowest BCUT2D eigenvalue weighted by Crippen LogP contribution is -2.48. The molecule has 2 aromatic carbocycles. The molecular formula is C20H22FN5O8S. The Balaban J connectivity index is 2.02. The average Bonchev–Trinajstić information content (AvgIpc) is 2.75. The smallest absolute Gasteiger partial charge is 0.346 e. The minimum atomic E-state index is -4.34. The van der Waals surface area contributed by atoms with Crippen molar-refractivity contribution in [3.63, 3.8) is 0 Å². The van der Waals surface area contributed by atoms with Gasteiger partial charge in [0.2, 0.25) is 0 Å². The SMILES string of the molecule is CN([C@@H](CC(=O)O)C(=O)O)S(=O)(=O)NCc1ccc(OC(=O)c2ccc(NC(=N)N)cc2F)cc1. The van der Waals surface area contributed by atoms with Gasteiger partial charge in [0, 0.05) is 19.3 Å². The van der Waals surface area contributed by atoms with Crippen LogP contribution >= 0.6 is 0 Å². The van der Waals surface area contributed by atoms with Crippen LogP contribution in [0.5, 0.6) is 5.75 Å². The number of aliphatic carboxylic acids is 2. The topological polar surface area (TPSA) is 212 Å². The number of carbonyl (C=O) groups excluding carboxylic acids is 1. The van der Waals surface area contributed by atoms with Crippen LogP contribution in [0, 0.1) is 11.2 Å². The van der Waals surface area contributed by atoms with Gasteiger partial charge in [-0.2, -0.15) is 17.4 Å². The van der Waals surface area contributed by atoms with Crippen LogP contribution in [0.2, 0.25) is 0 Å². The summed E-state index contributed by atoms with van der Waals surface area (Å²) >= 11 is 0. The summed E-state index contributed by atoms with van der Waals surface area (Å²) < 4.78 is 46.5. The highest BCUT2D eigenvalue weighted by Crippen LogP contribution is 2.19. The van der Waals surface area contributed by atoms with E-state index in [4.69, 9.17) is 26.1 Å². The van der Waals surface area contributed by atoms with Crippen molar-refractivity contribution in [3.8, 4) is 5.75 Å². The second-order valence-electron chi connectivity index (χ2n) is 7.06. The summed E-state index contributed by atoms with van der Waals surface area (Å²) in [6.45, 7) is -0.278. The molecule has 0 saturated carbocycles. The van der Waals surface area contributed by atoms with Crippen LogP contribution in [-0.4, -0.2) is 59.9 Å². The van der Waals surface area contributed by atoms with E-state index >= 15 is 0 Å². The van der Waals surface area contributed by atoms with E-state index in [2.05, 4.69) is 10.0 Å². The van der Waals surface area contributed by atoms with Gasteiger partial charge in [0.25, 0.3) is 10.2 Å². The number of rotatable bonds is 11. The number of nitrogens with one attached hydrogen (secondary N) is 3. The first-order chi connectivity index (χ1) is 16.3. The number of halogens is 1. The van der Waals surface area contributed by atoms with E-state index in [0.29, 0.717) is 9.87 Å². The van der Waals surface area contributed by atoms with Crippen LogP contribution in [0.15, 0.2) is 42.5 Å². The highest BCUT2D eigenvalue weighted by atomic mass is 32.2. The van der Waals surface area contributed by atoms with Crippen molar-refractivity contribution >= 4 is 39.8 Å². The molecule has 7 N–H and O–H groups in total. The molecule has 15 heteroatoms.